The molecule has 1 aromatic carbocycles. The molecule has 2 aromatic rings. The lowest BCUT2D eigenvalue weighted by molar-refractivity contribution is 0.0936. The van der Waals surface area contributed by atoms with Gasteiger partial charge in [-0.3, -0.25) is 9.69 Å². The van der Waals surface area contributed by atoms with Crippen LogP contribution in [0.15, 0.2) is 18.2 Å². The third-order valence-electron chi connectivity index (χ3n) is 5.27. The molecule has 2 fully saturated rings. The van der Waals surface area contributed by atoms with E-state index in [9.17, 15) is 13.6 Å². The summed E-state index contributed by atoms with van der Waals surface area (Å²) in [5.74, 6) is -1.54. The molecule has 1 aliphatic heterocycles. The van der Waals surface area contributed by atoms with E-state index in [1.807, 2.05) is 0 Å². The van der Waals surface area contributed by atoms with Crippen LogP contribution in [0.5, 0.6) is 0 Å². The molecule has 2 aliphatic rings. The zero-order chi connectivity index (χ0) is 18.4. The maximum absolute atomic E-state index is 14.1. The Hall–Kier alpha value is -2.28. The molecule has 7 heteroatoms. The smallest absolute Gasteiger partial charge is 0.255 e. The highest BCUT2D eigenvalue weighted by molar-refractivity contribution is 5.96. The zero-order valence-corrected chi connectivity index (χ0v) is 14.9. The Morgan fingerprint density at radius 3 is 2.69 bits per heavy atom. The van der Waals surface area contributed by atoms with Gasteiger partial charge >= 0.3 is 0 Å². The van der Waals surface area contributed by atoms with Gasteiger partial charge in [0.25, 0.3) is 5.91 Å². The predicted octanol–water partition coefficient (Wildman–Crippen LogP) is 2.73. The second kappa shape index (κ2) is 6.46. The Morgan fingerprint density at radius 1 is 1.23 bits per heavy atom. The molecule has 1 unspecified atom stereocenters. The summed E-state index contributed by atoms with van der Waals surface area (Å²) in [6, 6.07) is 4.16. The number of carbonyl (C=O) groups excluding carboxylic acids is 1. The number of amides is 1. The summed E-state index contributed by atoms with van der Waals surface area (Å²) < 4.78 is 28.6. The van der Waals surface area contributed by atoms with E-state index in [1.54, 1.807) is 13.8 Å². The molecule has 1 aromatic heterocycles. The van der Waals surface area contributed by atoms with Gasteiger partial charge in [0.2, 0.25) is 0 Å². The molecule has 0 bridgehead atoms. The first-order valence-electron chi connectivity index (χ1n) is 9.00. The summed E-state index contributed by atoms with van der Waals surface area (Å²) in [6.45, 7) is 5.36. The molecule has 1 saturated carbocycles. The van der Waals surface area contributed by atoms with Crippen molar-refractivity contribution in [3.63, 3.8) is 0 Å². The molecule has 1 saturated heterocycles. The van der Waals surface area contributed by atoms with Crippen LogP contribution in [0, 0.1) is 25.5 Å². The van der Waals surface area contributed by atoms with Crippen LogP contribution < -0.4 is 5.32 Å². The van der Waals surface area contributed by atoms with Crippen LogP contribution in [-0.4, -0.2) is 45.8 Å². The van der Waals surface area contributed by atoms with Gasteiger partial charge in [-0.2, -0.15) is 5.10 Å². The third kappa shape index (κ3) is 3.11. The summed E-state index contributed by atoms with van der Waals surface area (Å²) in [5.41, 5.74) is 1.66. The van der Waals surface area contributed by atoms with E-state index in [0.29, 0.717) is 23.0 Å². The van der Waals surface area contributed by atoms with Crippen molar-refractivity contribution in [2.75, 3.05) is 13.1 Å². The number of benzene rings is 1. The molecule has 1 N–H and O–H groups in total. The molecular weight excluding hydrogens is 338 g/mol. The van der Waals surface area contributed by atoms with E-state index in [4.69, 9.17) is 0 Å². The second-order valence-electron chi connectivity index (χ2n) is 7.24. The Bertz CT molecular complexity index is 859. The fourth-order valence-electron chi connectivity index (χ4n) is 3.79. The number of nitrogens with one attached hydrogen (secondary N) is 1. The number of nitrogens with zero attached hydrogens (tertiary/aromatic N) is 3. The largest absolute Gasteiger partial charge is 0.348 e. The standard InChI is InChI=1S/C19H22F2N4O/c1-11-18(19(26)22-14-7-8-24(10-14)15-4-5-15)12(2)25(23-11)17-6-3-13(20)9-16(17)21/h3,6,9,14-15H,4-5,7-8,10H2,1-2H3,(H,22,26). The van der Waals surface area contributed by atoms with Gasteiger partial charge in [0, 0.05) is 31.2 Å². The molecule has 26 heavy (non-hydrogen) atoms. The predicted molar refractivity (Wildman–Crippen MR) is 93.4 cm³/mol. The second-order valence-corrected chi connectivity index (χ2v) is 7.24. The minimum atomic E-state index is -0.710. The van der Waals surface area contributed by atoms with Gasteiger partial charge < -0.3 is 5.32 Å². The number of carbonyl (C=O) groups is 1. The van der Waals surface area contributed by atoms with Crippen molar-refractivity contribution in [2.24, 2.45) is 0 Å². The van der Waals surface area contributed by atoms with Crippen molar-refractivity contribution in [1.82, 2.24) is 20.0 Å². The van der Waals surface area contributed by atoms with E-state index in [-0.39, 0.29) is 17.6 Å². The number of rotatable bonds is 4. The minimum Gasteiger partial charge on any atom is -0.348 e. The van der Waals surface area contributed by atoms with Gasteiger partial charge in [-0.25, -0.2) is 13.5 Å². The highest BCUT2D eigenvalue weighted by Crippen LogP contribution is 2.30. The Labute approximate surface area is 151 Å². The summed E-state index contributed by atoms with van der Waals surface area (Å²) in [6.07, 6.45) is 3.46. The fourth-order valence-corrected chi connectivity index (χ4v) is 3.79. The van der Waals surface area contributed by atoms with Crippen LogP contribution in [-0.2, 0) is 0 Å². The van der Waals surface area contributed by atoms with Crippen LogP contribution in [0.25, 0.3) is 5.69 Å². The van der Waals surface area contributed by atoms with Gasteiger partial charge in [0.15, 0.2) is 5.82 Å². The average molecular weight is 360 g/mol. The van der Waals surface area contributed by atoms with Crippen molar-refractivity contribution in [3.05, 3.63) is 46.8 Å². The van der Waals surface area contributed by atoms with Crippen LogP contribution >= 0.6 is 0 Å². The van der Waals surface area contributed by atoms with Gasteiger partial charge in [-0.05, 0) is 45.2 Å². The molecule has 5 nitrogen and oxygen atoms in total. The van der Waals surface area contributed by atoms with Crippen molar-refractivity contribution in [1.29, 1.82) is 0 Å². The Balaban J connectivity index is 1.55. The lowest BCUT2D eigenvalue weighted by Gasteiger charge is -2.16. The molecular formula is C19H22F2N4O. The molecule has 4 rings (SSSR count). The van der Waals surface area contributed by atoms with E-state index in [1.165, 1.54) is 29.7 Å². The Kier molecular flexibility index (Phi) is 4.26. The van der Waals surface area contributed by atoms with Crippen LogP contribution in [0.3, 0.4) is 0 Å². The first-order chi connectivity index (χ1) is 12.4. The Morgan fingerprint density at radius 2 is 2.00 bits per heavy atom. The van der Waals surface area contributed by atoms with Crippen LogP contribution in [0.1, 0.15) is 41.0 Å². The van der Waals surface area contributed by atoms with Crippen molar-refractivity contribution >= 4 is 5.91 Å². The third-order valence-corrected chi connectivity index (χ3v) is 5.27. The summed E-state index contributed by atoms with van der Waals surface area (Å²) in [4.78, 5) is 15.2. The van der Waals surface area contributed by atoms with Crippen molar-refractivity contribution in [2.45, 2.75) is 45.2 Å². The highest BCUT2D eigenvalue weighted by atomic mass is 19.1. The fraction of sp³-hybridized carbons (Fsp3) is 0.474. The molecule has 1 atom stereocenters. The SMILES string of the molecule is Cc1nn(-c2ccc(F)cc2F)c(C)c1C(=O)NC1CCN(C2CC2)C1. The van der Waals surface area contributed by atoms with Gasteiger partial charge in [-0.15, -0.1) is 0 Å². The summed E-state index contributed by atoms with van der Waals surface area (Å²) in [5, 5.41) is 7.39. The van der Waals surface area contributed by atoms with Crippen LogP contribution in [0.4, 0.5) is 8.78 Å². The molecule has 138 valence electrons. The van der Waals surface area contributed by atoms with E-state index < -0.39 is 11.6 Å². The number of aromatic nitrogens is 2. The number of aryl methyl sites for hydroxylation is 1. The normalized spacial score (nSPS) is 20.5. The minimum absolute atomic E-state index is 0.131. The van der Waals surface area contributed by atoms with E-state index in [2.05, 4.69) is 15.3 Å². The van der Waals surface area contributed by atoms with Gasteiger partial charge in [-0.1, -0.05) is 0 Å². The zero-order valence-electron chi connectivity index (χ0n) is 14.9. The maximum atomic E-state index is 14.1. The molecule has 0 radical (unpaired) electrons. The first kappa shape index (κ1) is 17.1. The summed E-state index contributed by atoms with van der Waals surface area (Å²) >= 11 is 0. The maximum Gasteiger partial charge on any atom is 0.255 e. The van der Waals surface area contributed by atoms with Crippen molar-refractivity contribution in [3.8, 4) is 5.69 Å². The van der Waals surface area contributed by atoms with Crippen LogP contribution in [0.2, 0.25) is 0 Å². The number of halogens is 2. The lowest BCUT2D eigenvalue weighted by Crippen LogP contribution is -2.37. The first-order valence-corrected chi connectivity index (χ1v) is 9.00. The molecule has 2 heterocycles. The molecule has 0 spiro atoms. The lowest BCUT2D eigenvalue weighted by atomic mass is 10.1. The number of hydrogen-bond donors (Lipinski definition) is 1. The highest BCUT2D eigenvalue weighted by Gasteiger charge is 2.35. The summed E-state index contributed by atoms with van der Waals surface area (Å²) in [7, 11) is 0. The number of hydrogen-bond acceptors (Lipinski definition) is 3. The van der Waals surface area contributed by atoms with Gasteiger partial charge in [0.05, 0.1) is 17.0 Å². The number of likely N-dealkylation sites (tertiary alicyclic amines) is 1. The van der Waals surface area contributed by atoms with E-state index in [0.717, 1.165) is 25.6 Å². The topological polar surface area (TPSA) is 50.2 Å². The molecule has 1 aliphatic carbocycles. The van der Waals surface area contributed by atoms with Gasteiger partial charge in [0.1, 0.15) is 11.5 Å². The monoisotopic (exact) mass is 360 g/mol. The molecule has 1 amide bonds. The average Bonchev–Trinajstić information content (AvgIpc) is 3.26. The van der Waals surface area contributed by atoms with E-state index >= 15 is 0 Å². The van der Waals surface area contributed by atoms with Crippen molar-refractivity contribution < 1.29 is 13.6 Å². The quantitative estimate of drug-likeness (QED) is 0.912.